The zero-order chi connectivity index (χ0) is 22.2. The third-order valence-corrected chi connectivity index (χ3v) is 7.42. The summed E-state index contributed by atoms with van der Waals surface area (Å²) in [5.41, 5.74) is 2.95. The third-order valence-electron chi connectivity index (χ3n) is 5.60. The van der Waals surface area contributed by atoms with Gasteiger partial charge in [0.1, 0.15) is 6.54 Å². The first-order chi connectivity index (χ1) is 14.8. The van der Waals surface area contributed by atoms with Crippen LogP contribution in [0.2, 0.25) is 0 Å². The predicted octanol–water partition coefficient (Wildman–Crippen LogP) is 2.47. The van der Waals surface area contributed by atoms with Gasteiger partial charge >= 0.3 is 6.09 Å². The minimum Gasteiger partial charge on any atom is -0.450 e. The molecular weight excluding hydrogens is 418 g/mol. The van der Waals surface area contributed by atoms with E-state index in [1.807, 2.05) is 25.1 Å². The Kier molecular flexibility index (Phi) is 5.62. The highest BCUT2D eigenvalue weighted by Crippen LogP contribution is 2.43. The molecule has 164 valence electrons. The Labute approximate surface area is 182 Å². The van der Waals surface area contributed by atoms with Crippen molar-refractivity contribution in [2.45, 2.75) is 18.7 Å². The number of aryl methyl sites for hydroxylation is 1. The van der Waals surface area contributed by atoms with Crippen LogP contribution in [0.4, 0.5) is 10.5 Å². The normalized spacial score (nSPS) is 17.0. The Morgan fingerprint density at radius 1 is 0.968 bits per heavy atom. The number of hydrogen-bond acceptors (Lipinski definition) is 5. The van der Waals surface area contributed by atoms with Crippen molar-refractivity contribution in [3.05, 3.63) is 48.0 Å². The van der Waals surface area contributed by atoms with Crippen LogP contribution in [0.25, 0.3) is 11.1 Å². The number of ether oxygens (including phenoxy) is 1. The molecule has 2 heterocycles. The number of carbonyl (C=O) groups is 2. The molecule has 2 aliphatic heterocycles. The third kappa shape index (κ3) is 3.85. The van der Waals surface area contributed by atoms with Gasteiger partial charge in [-0.15, -0.1) is 0 Å². The second kappa shape index (κ2) is 8.22. The highest BCUT2D eigenvalue weighted by Gasteiger charge is 2.37. The van der Waals surface area contributed by atoms with Crippen LogP contribution in [0, 0.1) is 6.92 Å². The SMILES string of the molecule is CCOC(=O)N1CCN(C(=O)CN2c3ccc(C)cc3-c3ccccc3S2(=O)=O)CC1. The molecule has 0 saturated carbocycles. The van der Waals surface area contributed by atoms with Crippen molar-refractivity contribution in [3.8, 4) is 11.1 Å². The van der Waals surface area contributed by atoms with E-state index in [4.69, 9.17) is 4.74 Å². The van der Waals surface area contributed by atoms with E-state index in [0.717, 1.165) is 11.1 Å². The van der Waals surface area contributed by atoms with Gasteiger partial charge in [0.2, 0.25) is 5.91 Å². The van der Waals surface area contributed by atoms with Gasteiger partial charge in [-0.1, -0.05) is 29.8 Å². The molecule has 0 aliphatic carbocycles. The molecule has 0 N–H and O–H groups in total. The molecule has 0 atom stereocenters. The summed E-state index contributed by atoms with van der Waals surface area (Å²) in [6.07, 6.45) is -0.394. The number of fused-ring (bicyclic) bond motifs is 3. The first-order valence-electron chi connectivity index (χ1n) is 10.2. The zero-order valence-electron chi connectivity index (χ0n) is 17.6. The van der Waals surface area contributed by atoms with Crippen LogP contribution in [0.5, 0.6) is 0 Å². The van der Waals surface area contributed by atoms with E-state index in [2.05, 4.69) is 0 Å². The van der Waals surface area contributed by atoms with Crippen molar-refractivity contribution in [2.75, 3.05) is 43.6 Å². The lowest BCUT2D eigenvalue weighted by Gasteiger charge is -2.36. The molecule has 2 aliphatic rings. The lowest BCUT2D eigenvalue weighted by atomic mass is 10.0. The molecule has 4 rings (SSSR count). The standard InChI is InChI=1S/C22H25N3O5S/c1-3-30-22(27)24-12-10-23(11-13-24)21(26)15-25-19-9-8-16(2)14-18(19)17-6-4-5-7-20(17)31(25,28)29/h4-9,14H,3,10-13,15H2,1-2H3. The van der Waals surface area contributed by atoms with Crippen LogP contribution in [0.1, 0.15) is 12.5 Å². The Bertz CT molecular complexity index is 1120. The van der Waals surface area contributed by atoms with Crippen molar-refractivity contribution in [2.24, 2.45) is 0 Å². The molecule has 1 fully saturated rings. The van der Waals surface area contributed by atoms with E-state index in [1.165, 1.54) is 4.31 Å². The number of anilines is 1. The summed E-state index contributed by atoms with van der Waals surface area (Å²) in [5.74, 6) is -0.294. The van der Waals surface area contributed by atoms with Gasteiger partial charge in [0.05, 0.1) is 17.2 Å². The second-order valence-corrected chi connectivity index (χ2v) is 9.43. The van der Waals surface area contributed by atoms with E-state index >= 15 is 0 Å². The van der Waals surface area contributed by atoms with Crippen LogP contribution < -0.4 is 4.31 Å². The van der Waals surface area contributed by atoms with Gasteiger partial charge in [-0.25, -0.2) is 13.2 Å². The summed E-state index contributed by atoms with van der Waals surface area (Å²) < 4.78 is 32.9. The van der Waals surface area contributed by atoms with Gasteiger partial charge in [-0.05, 0) is 32.0 Å². The van der Waals surface area contributed by atoms with Crippen molar-refractivity contribution in [1.29, 1.82) is 0 Å². The summed E-state index contributed by atoms with van der Waals surface area (Å²) in [6, 6.07) is 12.4. The number of nitrogens with zero attached hydrogens (tertiary/aromatic N) is 3. The molecule has 2 aromatic rings. The van der Waals surface area contributed by atoms with Crippen LogP contribution in [-0.4, -0.2) is 69.5 Å². The van der Waals surface area contributed by atoms with Crippen molar-refractivity contribution < 1.29 is 22.7 Å². The number of hydrogen-bond donors (Lipinski definition) is 0. The fraction of sp³-hybridized carbons (Fsp3) is 0.364. The zero-order valence-corrected chi connectivity index (χ0v) is 18.4. The number of benzene rings is 2. The summed E-state index contributed by atoms with van der Waals surface area (Å²) in [4.78, 5) is 28.3. The maximum atomic E-state index is 13.4. The fourth-order valence-corrected chi connectivity index (χ4v) is 5.63. The Hall–Kier alpha value is -3.07. The Balaban J connectivity index is 1.58. The number of amides is 2. The van der Waals surface area contributed by atoms with Gasteiger partial charge in [-0.3, -0.25) is 9.10 Å². The number of rotatable bonds is 3. The van der Waals surface area contributed by atoms with E-state index in [-0.39, 0.29) is 17.3 Å². The van der Waals surface area contributed by atoms with Gasteiger partial charge in [0, 0.05) is 37.3 Å². The molecule has 0 unspecified atom stereocenters. The lowest BCUT2D eigenvalue weighted by Crippen LogP contribution is -2.53. The average Bonchev–Trinajstić information content (AvgIpc) is 2.77. The largest absolute Gasteiger partial charge is 0.450 e. The van der Waals surface area contributed by atoms with E-state index < -0.39 is 16.1 Å². The molecular formula is C22H25N3O5S. The monoisotopic (exact) mass is 443 g/mol. The summed E-state index contributed by atoms with van der Waals surface area (Å²) in [5, 5.41) is 0. The molecule has 2 aromatic carbocycles. The molecule has 31 heavy (non-hydrogen) atoms. The molecule has 2 amide bonds. The molecule has 9 heteroatoms. The number of carbonyl (C=O) groups excluding carboxylic acids is 2. The number of piperazine rings is 1. The smallest absolute Gasteiger partial charge is 0.409 e. The molecule has 0 aromatic heterocycles. The second-order valence-electron chi connectivity index (χ2n) is 7.60. The fourth-order valence-electron chi connectivity index (χ4n) is 3.99. The molecule has 8 nitrogen and oxygen atoms in total. The van der Waals surface area contributed by atoms with Gasteiger partial charge < -0.3 is 14.5 Å². The highest BCUT2D eigenvalue weighted by molar-refractivity contribution is 7.93. The first kappa shape index (κ1) is 21.2. The average molecular weight is 444 g/mol. The Morgan fingerprint density at radius 3 is 2.35 bits per heavy atom. The topological polar surface area (TPSA) is 87.2 Å². The summed E-state index contributed by atoms with van der Waals surface area (Å²) in [6.45, 7) is 5.09. The van der Waals surface area contributed by atoms with Crippen LogP contribution in [0.3, 0.4) is 0 Å². The minimum atomic E-state index is -3.87. The minimum absolute atomic E-state index is 0.202. The van der Waals surface area contributed by atoms with E-state index in [1.54, 1.807) is 41.0 Å². The maximum Gasteiger partial charge on any atom is 0.409 e. The van der Waals surface area contributed by atoms with E-state index in [9.17, 15) is 18.0 Å². The van der Waals surface area contributed by atoms with Crippen molar-refractivity contribution >= 4 is 27.7 Å². The maximum absolute atomic E-state index is 13.4. The Morgan fingerprint density at radius 2 is 1.65 bits per heavy atom. The quantitative estimate of drug-likeness (QED) is 0.727. The highest BCUT2D eigenvalue weighted by atomic mass is 32.2. The summed E-state index contributed by atoms with van der Waals surface area (Å²) in [7, 11) is -3.87. The molecule has 0 radical (unpaired) electrons. The van der Waals surface area contributed by atoms with Crippen LogP contribution in [0.15, 0.2) is 47.4 Å². The number of sulfonamides is 1. The van der Waals surface area contributed by atoms with Crippen LogP contribution >= 0.6 is 0 Å². The van der Waals surface area contributed by atoms with Gasteiger partial charge in [0.25, 0.3) is 10.0 Å². The van der Waals surface area contributed by atoms with Gasteiger partial charge in [-0.2, -0.15) is 0 Å². The first-order valence-corrected chi connectivity index (χ1v) is 11.7. The van der Waals surface area contributed by atoms with Crippen molar-refractivity contribution in [1.82, 2.24) is 9.80 Å². The lowest BCUT2D eigenvalue weighted by molar-refractivity contribution is -0.131. The van der Waals surface area contributed by atoms with E-state index in [0.29, 0.717) is 44.0 Å². The van der Waals surface area contributed by atoms with Crippen molar-refractivity contribution in [3.63, 3.8) is 0 Å². The van der Waals surface area contributed by atoms with Gasteiger partial charge in [0.15, 0.2) is 0 Å². The van der Waals surface area contributed by atoms with Crippen LogP contribution in [-0.2, 0) is 19.6 Å². The predicted molar refractivity (Wildman–Crippen MR) is 116 cm³/mol. The molecule has 0 spiro atoms. The summed E-state index contributed by atoms with van der Waals surface area (Å²) >= 11 is 0. The molecule has 0 bridgehead atoms. The molecule has 1 saturated heterocycles.